The van der Waals surface area contributed by atoms with E-state index in [1.54, 1.807) is 24.3 Å². The lowest BCUT2D eigenvalue weighted by atomic mass is 10.0. The first-order valence-electron chi connectivity index (χ1n) is 5.14. The smallest absolute Gasteiger partial charge is 0.159 e. The van der Waals surface area contributed by atoms with Gasteiger partial charge in [0.1, 0.15) is 11.6 Å². The summed E-state index contributed by atoms with van der Waals surface area (Å²) < 4.78 is 26.3. The first-order valence-corrected chi connectivity index (χ1v) is 5.14. The molecular formula is C14H10F2O. The van der Waals surface area contributed by atoms with Crippen LogP contribution in [-0.4, -0.2) is 5.78 Å². The molecule has 0 aliphatic rings. The third-order valence-corrected chi connectivity index (χ3v) is 2.51. The fourth-order valence-corrected chi connectivity index (χ4v) is 1.63. The van der Waals surface area contributed by atoms with Crippen LogP contribution in [0, 0.1) is 11.6 Å². The van der Waals surface area contributed by atoms with E-state index in [1.165, 1.54) is 19.1 Å². The summed E-state index contributed by atoms with van der Waals surface area (Å²) in [7, 11) is 0. The molecule has 0 N–H and O–H groups in total. The summed E-state index contributed by atoms with van der Waals surface area (Å²) in [5, 5.41) is 0. The van der Waals surface area contributed by atoms with Gasteiger partial charge in [-0.3, -0.25) is 4.79 Å². The molecule has 0 heterocycles. The van der Waals surface area contributed by atoms with Crippen LogP contribution in [0.4, 0.5) is 8.78 Å². The lowest BCUT2D eigenvalue weighted by Gasteiger charge is -2.05. The second kappa shape index (κ2) is 4.45. The van der Waals surface area contributed by atoms with E-state index in [2.05, 4.69) is 0 Å². The Bertz CT molecular complexity index is 576. The zero-order valence-corrected chi connectivity index (χ0v) is 9.21. The summed E-state index contributed by atoms with van der Waals surface area (Å²) in [4.78, 5) is 11.2. The van der Waals surface area contributed by atoms with Gasteiger partial charge < -0.3 is 0 Å². The van der Waals surface area contributed by atoms with Crippen molar-refractivity contribution >= 4 is 5.78 Å². The molecule has 3 heteroatoms. The zero-order chi connectivity index (χ0) is 12.4. The molecule has 0 amide bonds. The molecule has 2 rings (SSSR count). The number of Topliss-reactive ketones (excluding diaryl/α,β-unsaturated/α-hetero) is 1. The van der Waals surface area contributed by atoms with Crippen LogP contribution in [0.2, 0.25) is 0 Å². The number of carbonyl (C=O) groups excluding carboxylic acids is 1. The van der Waals surface area contributed by atoms with Gasteiger partial charge in [0.25, 0.3) is 0 Å². The first-order chi connectivity index (χ1) is 8.08. The molecule has 0 saturated carbocycles. The first kappa shape index (κ1) is 11.5. The van der Waals surface area contributed by atoms with Gasteiger partial charge >= 0.3 is 0 Å². The van der Waals surface area contributed by atoms with Gasteiger partial charge in [-0.2, -0.15) is 0 Å². The molecule has 0 aromatic heterocycles. The van der Waals surface area contributed by atoms with E-state index in [9.17, 15) is 13.6 Å². The maximum Gasteiger partial charge on any atom is 0.159 e. The summed E-state index contributed by atoms with van der Waals surface area (Å²) in [6.07, 6.45) is 0. The highest BCUT2D eigenvalue weighted by Crippen LogP contribution is 2.24. The number of carbonyl (C=O) groups is 1. The number of hydrogen-bond acceptors (Lipinski definition) is 1. The van der Waals surface area contributed by atoms with Crippen LogP contribution in [0.25, 0.3) is 11.1 Å². The van der Waals surface area contributed by atoms with Gasteiger partial charge in [-0.25, -0.2) is 8.78 Å². The SMILES string of the molecule is CC(=O)c1cccc(-c2ccc(F)cc2F)c1. The van der Waals surface area contributed by atoms with Crippen molar-refractivity contribution in [2.45, 2.75) is 6.92 Å². The third kappa shape index (κ3) is 2.38. The van der Waals surface area contributed by atoms with Crippen LogP contribution in [-0.2, 0) is 0 Å². The van der Waals surface area contributed by atoms with E-state index in [4.69, 9.17) is 0 Å². The Kier molecular flexibility index (Phi) is 3.00. The second-order valence-corrected chi connectivity index (χ2v) is 3.76. The Balaban J connectivity index is 2.53. The molecule has 2 aromatic carbocycles. The van der Waals surface area contributed by atoms with Gasteiger partial charge in [-0.1, -0.05) is 18.2 Å². The largest absolute Gasteiger partial charge is 0.295 e. The van der Waals surface area contributed by atoms with Crippen LogP contribution in [0.1, 0.15) is 17.3 Å². The van der Waals surface area contributed by atoms with Crippen molar-refractivity contribution in [3.8, 4) is 11.1 Å². The van der Waals surface area contributed by atoms with Crippen LogP contribution >= 0.6 is 0 Å². The molecular weight excluding hydrogens is 222 g/mol. The van der Waals surface area contributed by atoms with Crippen molar-refractivity contribution in [3.05, 3.63) is 59.7 Å². The molecule has 0 unspecified atom stereocenters. The van der Waals surface area contributed by atoms with Crippen molar-refractivity contribution in [2.75, 3.05) is 0 Å². The summed E-state index contributed by atoms with van der Waals surface area (Å²) in [6.45, 7) is 1.44. The molecule has 0 spiro atoms. The molecule has 0 atom stereocenters. The molecule has 0 fully saturated rings. The molecule has 0 bridgehead atoms. The van der Waals surface area contributed by atoms with Crippen LogP contribution in [0.5, 0.6) is 0 Å². The van der Waals surface area contributed by atoms with E-state index >= 15 is 0 Å². The van der Waals surface area contributed by atoms with Gasteiger partial charge in [0.15, 0.2) is 5.78 Å². The Morgan fingerprint density at radius 3 is 2.47 bits per heavy atom. The number of benzene rings is 2. The fourth-order valence-electron chi connectivity index (χ4n) is 1.63. The average molecular weight is 232 g/mol. The zero-order valence-electron chi connectivity index (χ0n) is 9.21. The predicted molar refractivity (Wildman–Crippen MR) is 61.8 cm³/mol. The predicted octanol–water partition coefficient (Wildman–Crippen LogP) is 3.83. The number of hydrogen-bond donors (Lipinski definition) is 0. The van der Waals surface area contributed by atoms with Crippen molar-refractivity contribution in [1.29, 1.82) is 0 Å². The molecule has 86 valence electrons. The Morgan fingerprint density at radius 2 is 1.82 bits per heavy atom. The van der Waals surface area contributed by atoms with Crippen molar-refractivity contribution in [1.82, 2.24) is 0 Å². The molecule has 17 heavy (non-hydrogen) atoms. The molecule has 0 radical (unpaired) electrons. The standard InChI is InChI=1S/C14H10F2O/c1-9(17)10-3-2-4-11(7-10)13-6-5-12(15)8-14(13)16/h2-8H,1H3. The summed E-state index contributed by atoms with van der Waals surface area (Å²) in [5.74, 6) is -1.34. The molecule has 2 aromatic rings. The maximum atomic E-state index is 13.5. The van der Waals surface area contributed by atoms with Gasteiger partial charge in [-0.15, -0.1) is 0 Å². The van der Waals surface area contributed by atoms with Gasteiger partial charge in [0.05, 0.1) is 0 Å². The number of ketones is 1. The van der Waals surface area contributed by atoms with Crippen LogP contribution in [0.15, 0.2) is 42.5 Å². The van der Waals surface area contributed by atoms with E-state index in [1.807, 2.05) is 0 Å². The van der Waals surface area contributed by atoms with Crippen molar-refractivity contribution < 1.29 is 13.6 Å². The van der Waals surface area contributed by atoms with Gasteiger partial charge in [-0.05, 0) is 30.7 Å². The Labute approximate surface area is 97.7 Å². The lowest BCUT2D eigenvalue weighted by molar-refractivity contribution is 0.101. The lowest BCUT2D eigenvalue weighted by Crippen LogP contribution is -1.93. The highest BCUT2D eigenvalue weighted by molar-refractivity contribution is 5.95. The third-order valence-electron chi connectivity index (χ3n) is 2.51. The Hall–Kier alpha value is -2.03. The minimum Gasteiger partial charge on any atom is -0.295 e. The molecule has 0 aliphatic heterocycles. The van der Waals surface area contributed by atoms with Gasteiger partial charge in [0, 0.05) is 17.2 Å². The second-order valence-electron chi connectivity index (χ2n) is 3.76. The normalized spacial score (nSPS) is 10.3. The van der Waals surface area contributed by atoms with Crippen LogP contribution < -0.4 is 0 Å². The Morgan fingerprint density at radius 1 is 1.06 bits per heavy atom. The quantitative estimate of drug-likeness (QED) is 0.719. The average Bonchev–Trinajstić information content (AvgIpc) is 2.29. The minimum atomic E-state index is -0.634. The van der Waals surface area contributed by atoms with E-state index in [-0.39, 0.29) is 11.3 Å². The topological polar surface area (TPSA) is 17.1 Å². The number of halogens is 2. The molecule has 0 saturated heterocycles. The monoisotopic (exact) mass is 232 g/mol. The summed E-state index contributed by atoms with van der Waals surface area (Å²) in [6, 6.07) is 10.0. The highest BCUT2D eigenvalue weighted by atomic mass is 19.1. The van der Waals surface area contributed by atoms with E-state index in [0.29, 0.717) is 11.1 Å². The summed E-state index contributed by atoms with van der Waals surface area (Å²) in [5.41, 5.74) is 1.36. The molecule has 0 aliphatic carbocycles. The number of rotatable bonds is 2. The van der Waals surface area contributed by atoms with Crippen molar-refractivity contribution in [3.63, 3.8) is 0 Å². The van der Waals surface area contributed by atoms with Crippen LogP contribution in [0.3, 0.4) is 0 Å². The maximum absolute atomic E-state index is 13.5. The fraction of sp³-hybridized carbons (Fsp3) is 0.0714. The van der Waals surface area contributed by atoms with Crippen molar-refractivity contribution in [2.24, 2.45) is 0 Å². The van der Waals surface area contributed by atoms with E-state index in [0.717, 1.165) is 6.07 Å². The van der Waals surface area contributed by atoms with E-state index < -0.39 is 11.6 Å². The van der Waals surface area contributed by atoms with Gasteiger partial charge in [0.2, 0.25) is 0 Å². The summed E-state index contributed by atoms with van der Waals surface area (Å²) >= 11 is 0. The highest BCUT2D eigenvalue weighted by Gasteiger charge is 2.08. The molecule has 1 nitrogen and oxygen atoms in total. The minimum absolute atomic E-state index is 0.0885.